The maximum Gasteiger partial charge on any atom is 0.262 e. The minimum Gasteiger partial charge on any atom is -0.326 e. The molecule has 0 radical (unpaired) electrons. The zero-order valence-corrected chi connectivity index (χ0v) is 13.4. The van der Waals surface area contributed by atoms with E-state index < -0.39 is 10.0 Å². The Hall–Kier alpha value is -2.85. The average molecular weight is 329 g/mol. The van der Waals surface area contributed by atoms with Crippen LogP contribution in [-0.2, 0) is 14.8 Å². The molecule has 6 nitrogen and oxygen atoms in total. The van der Waals surface area contributed by atoms with E-state index in [1.165, 1.54) is 19.1 Å². The summed E-state index contributed by atoms with van der Waals surface area (Å²) in [6.07, 6.45) is 0. The minimum absolute atomic E-state index is 0.0612. The molecule has 0 spiro atoms. The fourth-order valence-electron chi connectivity index (χ4n) is 2.03. The molecule has 23 heavy (non-hydrogen) atoms. The highest BCUT2D eigenvalue weighted by atomic mass is 32.2. The Morgan fingerprint density at radius 2 is 1.87 bits per heavy atom. The van der Waals surface area contributed by atoms with Crippen molar-refractivity contribution in [2.75, 3.05) is 10.0 Å². The molecule has 0 saturated heterocycles. The van der Waals surface area contributed by atoms with Crippen LogP contribution in [0.3, 0.4) is 0 Å². The molecule has 0 saturated carbocycles. The van der Waals surface area contributed by atoms with Crippen molar-refractivity contribution in [1.29, 1.82) is 5.26 Å². The second-order valence-corrected chi connectivity index (χ2v) is 6.61. The Bertz CT molecular complexity index is 899. The molecule has 0 atom stereocenters. The number of carbonyl (C=O) groups is 1. The fraction of sp³-hybridized carbons (Fsp3) is 0.125. The van der Waals surface area contributed by atoms with Crippen molar-refractivity contribution in [3.8, 4) is 6.07 Å². The number of nitrogens with one attached hydrogen (secondary N) is 2. The number of nitriles is 1. The summed E-state index contributed by atoms with van der Waals surface area (Å²) in [5.41, 5.74) is 1.60. The highest BCUT2D eigenvalue weighted by molar-refractivity contribution is 7.92. The van der Waals surface area contributed by atoms with Gasteiger partial charge in [0, 0.05) is 12.6 Å². The monoisotopic (exact) mass is 329 g/mol. The molecule has 2 aromatic carbocycles. The van der Waals surface area contributed by atoms with E-state index in [4.69, 9.17) is 5.26 Å². The van der Waals surface area contributed by atoms with Gasteiger partial charge in [-0.05, 0) is 42.8 Å². The van der Waals surface area contributed by atoms with E-state index in [0.29, 0.717) is 22.5 Å². The van der Waals surface area contributed by atoms with Gasteiger partial charge in [0.2, 0.25) is 5.91 Å². The smallest absolute Gasteiger partial charge is 0.262 e. The number of nitrogens with zero attached hydrogens (tertiary/aromatic N) is 1. The standard InChI is InChI=1S/C16H15N3O3S/c1-11-6-7-14(18-12(2)20)9-16(11)23(21,22)19-15-5-3-4-13(8-15)10-17/h3-9,19H,1-2H3,(H,18,20). The summed E-state index contributed by atoms with van der Waals surface area (Å²) >= 11 is 0. The maximum atomic E-state index is 12.6. The number of aryl methyl sites for hydroxylation is 1. The lowest BCUT2D eigenvalue weighted by molar-refractivity contribution is -0.114. The largest absolute Gasteiger partial charge is 0.326 e. The first-order valence-electron chi connectivity index (χ1n) is 6.73. The summed E-state index contributed by atoms with van der Waals surface area (Å²) in [7, 11) is -3.84. The van der Waals surface area contributed by atoms with Gasteiger partial charge >= 0.3 is 0 Å². The number of amides is 1. The predicted molar refractivity (Wildman–Crippen MR) is 87.4 cm³/mol. The van der Waals surface area contributed by atoms with Crippen molar-refractivity contribution < 1.29 is 13.2 Å². The van der Waals surface area contributed by atoms with Crippen LogP contribution in [0.1, 0.15) is 18.1 Å². The Labute approximate surface area is 134 Å². The number of benzene rings is 2. The molecule has 118 valence electrons. The summed E-state index contributed by atoms with van der Waals surface area (Å²) in [5.74, 6) is -0.285. The zero-order chi connectivity index (χ0) is 17.0. The normalized spacial score (nSPS) is 10.7. The molecule has 2 N–H and O–H groups in total. The van der Waals surface area contributed by atoms with E-state index in [-0.39, 0.29) is 10.8 Å². The molecular weight excluding hydrogens is 314 g/mol. The summed E-state index contributed by atoms with van der Waals surface area (Å²) in [4.78, 5) is 11.2. The molecule has 0 aliphatic rings. The van der Waals surface area contributed by atoms with Gasteiger partial charge in [0.25, 0.3) is 10.0 Å². The zero-order valence-electron chi connectivity index (χ0n) is 12.6. The molecule has 7 heteroatoms. The number of hydrogen-bond acceptors (Lipinski definition) is 4. The van der Waals surface area contributed by atoms with Crippen molar-refractivity contribution in [1.82, 2.24) is 0 Å². The van der Waals surface area contributed by atoms with Crippen LogP contribution < -0.4 is 10.0 Å². The summed E-state index contributed by atoms with van der Waals surface area (Å²) in [5, 5.41) is 11.4. The number of carbonyl (C=O) groups excluding carboxylic acids is 1. The van der Waals surface area contributed by atoms with Gasteiger partial charge in [0.1, 0.15) is 0 Å². The summed E-state index contributed by atoms with van der Waals surface area (Å²) in [6, 6.07) is 12.8. The van der Waals surface area contributed by atoms with Crippen molar-refractivity contribution in [2.45, 2.75) is 18.7 Å². The molecule has 0 bridgehead atoms. The third kappa shape index (κ3) is 4.08. The lowest BCUT2D eigenvalue weighted by atomic mass is 10.2. The van der Waals surface area contributed by atoms with Crippen LogP contribution in [-0.4, -0.2) is 14.3 Å². The lowest BCUT2D eigenvalue weighted by Crippen LogP contribution is -2.15. The predicted octanol–water partition coefficient (Wildman–Crippen LogP) is 2.63. The van der Waals surface area contributed by atoms with Crippen LogP contribution in [0.4, 0.5) is 11.4 Å². The number of hydrogen-bond donors (Lipinski definition) is 2. The SMILES string of the molecule is CC(=O)Nc1ccc(C)c(S(=O)(=O)Nc2cccc(C#N)c2)c1. The van der Waals surface area contributed by atoms with Crippen LogP contribution in [0.15, 0.2) is 47.4 Å². The minimum atomic E-state index is -3.84. The van der Waals surface area contributed by atoms with Crippen molar-refractivity contribution in [3.63, 3.8) is 0 Å². The van der Waals surface area contributed by atoms with Gasteiger partial charge in [-0.25, -0.2) is 8.42 Å². The molecular formula is C16H15N3O3S. The van der Waals surface area contributed by atoms with Gasteiger partial charge in [0.15, 0.2) is 0 Å². The number of rotatable bonds is 4. The third-order valence-electron chi connectivity index (χ3n) is 3.04. The van der Waals surface area contributed by atoms with Crippen molar-refractivity contribution in [3.05, 3.63) is 53.6 Å². The van der Waals surface area contributed by atoms with E-state index in [0.717, 1.165) is 0 Å². The van der Waals surface area contributed by atoms with Crippen LogP contribution in [0.5, 0.6) is 0 Å². The van der Waals surface area contributed by atoms with Gasteiger partial charge in [-0.15, -0.1) is 0 Å². The van der Waals surface area contributed by atoms with Crippen LogP contribution in [0, 0.1) is 18.3 Å². The van der Waals surface area contributed by atoms with Gasteiger partial charge in [-0.1, -0.05) is 12.1 Å². The first-order valence-corrected chi connectivity index (χ1v) is 8.21. The molecule has 2 rings (SSSR count). The molecule has 0 aromatic heterocycles. The Balaban J connectivity index is 2.39. The summed E-state index contributed by atoms with van der Waals surface area (Å²) < 4.78 is 27.5. The topological polar surface area (TPSA) is 99.1 Å². The van der Waals surface area contributed by atoms with E-state index in [2.05, 4.69) is 10.0 Å². The molecule has 0 aliphatic heterocycles. The van der Waals surface area contributed by atoms with Gasteiger partial charge in [0.05, 0.1) is 22.2 Å². The molecule has 0 aliphatic carbocycles. The van der Waals surface area contributed by atoms with E-state index >= 15 is 0 Å². The molecule has 0 fully saturated rings. The summed E-state index contributed by atoms with van der Waals surface area (Å²) in [6.45, 7) is 3.01. The Morgan fingerprint density at radius 1 is 1.13 bits per heavy atom. The first kappa shape index (κ1) is 16.5. The maximum absolute atomic E-state index is 12.6. The van der Waals surface area contributed by atoms with Crippen LogP contribution in [0.25, 0.3) is 0 Å². The van der Waals surface area contributed by atoms with Gasteiger partial charge < -0.3 is 5.32 Å². The quantitative estimate of drug-likeness (QED) is 0.900. The molecule has 1 amide bonds. The molecule has 0 unspecified atom stereocenters. The third-order valence-corrected chi connectivity index (χ3v) is 4.57. The number of sulfonamides is 1. The Morgan fingerprint density at radius 3 is 2.52 bits per heavy atom. The van der Waals surface area contributed by atoms with Gasteiger partial charge in [-0.3, -0.25) is 9.52 Å². The second-order valence-electron chi connectivity index (χ2n) is 4.96. The van der Waals surface area contributed by atoms with Crippen molar-refractivity contribution in [2.24, 2.45) is 0 Å². The van der Waals surface area contributed by atoms with Crippen LogP contribution >= 0.6 is 0 Å². The fourth-order valence-corrected chi connectivity index (χ4v) is 3.35. The number of anilines is 2. The molecule has 0 heterocycles. The Kier molecular flexibility index (Phi) is 4.67. The van der Waals surface area contributed by atoms with Crippen LogP contribution in [0.2, 0.25) is 0 Å². The first-order chi connectivity index (χ1) is 10.8. The highest BCUT2D eigenvalue weighted by Crippen LogP contribution is 2.23. The van der Waals surface area contributed by atoms with E-state index in [1.54, 1.807) is 37.3 Å². The average Bonchev–Trinajstić information content (AvgIpc) is 2.48. The highest BCUT2D eigenvalue weighted by Gasteiger charge is 2.18. The second kappa shape index (κ2) is 6.50. The van der Waals surface area contributed by atoms with E-state index in [1.807, 2.05) is 6.07 Å². The lowest BCUT2D eigenvalue weighted by Gasteiger charge is -2.12. The van der Waals surface area contributed by atoms with E-state index in [9.17, 15) is 13.2 Å². The van der Waals surface area contributed by atoms with Crippen molar-refractivity contribution >= 4 is 27.3 Å². The van der Waals surface area contributed by atoms with Gasteiger partial charge in [-0.2, -0.15) is 5.26 Å². The molecule has 2 aromatic rings.